The molecule has 0 spiro atoms. The number of para-hydroxylation sites is 1. The summed E-state index contributed by atoms with van der Waals surface area (Å²) in [5, 5.41) is 20.0. The van der Waals surface area contributed by atoms with Gasteiger partial charge in [0.05, 0.1) is 30.8 Å². The quantitative estimate of drug-likeness (QED) is 0.357. The summed E-state index contributed by atoms with van der Waals surface area (Å²) in [7, 11) is 0. The molecule has 1 aromatic carbocycles. The Hall–Kier alpha value is -4.35. The third kappa shape index (κ3) is 5.02. The average Bonchev–Trinajstić information content (AvgIpc) is 3.55. The predicted molar refractivity (Wildman–Crippen MR) is 139 cm³/mol. The van der Waals surface area contributed by atoms with Crippen LogP contribution in [0.5, 0.6) is 5.88 Å². The minimum Gasteiger partial charge on any atom is -0.480 e. The van der Waals surface area contributed by atoms with Crippen molar-refractivity contribution in [3.63, 3.8) is 0 Å². The number of carboxylic acids is 1. The van der Waals surface area contributed by atoms with E-state index in [2.05, 4.69) is 21.0 Å². The SMILES string of the molecule is N#CC1CN(c2cc(Cl)cnc2O[C@H]2C[C@@H](C(=O)O)N(c3nc(C(F)(F)F)nc4c3oc3ccccc34)C2)CCO1. The Kier molecular flexibility index (Phi) is 6.71. The van der Waals surface area contributed by atoms with Gasteiger partial charge in [-0.1, -0.05) is 23.7 Å². The Morgan fingerprint density at radius 1 is 1.24 bits per heavy atom. The van der Waals surface area contributed by atoms with Crippen molar-refractivity contribution >= 4 is 51.1 Å². The zero-order valence-corrected chi connectivity index (χ0v) is 21.8. The van der Waals surface area contributed by atoms with E-state index in [1.165, 1.54) is 11.1 Å². The fraction of sp³-hybridized carbons (Fsp3) is 0.346. The van der Waals surface area contributed by atoms with Gasteiger partial charge in [-0.15, -0.1) is 0 Å². The van der Waals surface area contributed by atoms with Gasteiger partial charge < -0.3 is 28.8 Å². The molecule has 3 atom stereocenters. The maximum atomic E-state index is 13.8. The number of nitriles is 1. The van der Waals surface area contributed by atoms with Gasteiger partial charge in [0.25, 0.3) is 0 Å². The lowest BCUT2D eigenvalue weighted by molar-refractivity contribution is -0.144. The number of hydrogen-bond acceptors (Lipinski definition) is 10. The molecule has 6 rings (SSSR count). The molecule has 2 saturated heterocycles. The first-order chi connectivity index (χ1) is 19.6. The van der Waals surface area contributed by atoms with E-state index in [9.17, 15) is 28.3 Å². The van der Waals surface area contributed by atoms with Crippen molar-refractivity contribution in [2.24, 2.45) is 0 Å². The zero-order valence-electron chi connectivity index (χ0n) is 21.0. The van der Waals surface area contributed by atoms with Crippen LogP contribution in [0.4, 0.5) is 24.7 Å². The molecule has 11 nitrogen and oxygen atoms in total. The first-order valence-corrected chi connectivity index (χ1v) is 12.8. The highest BCUT2D eigenvalue weighted by Crippen LogP contribution is 2.40. The van der Waals surface area contributed by atoms with E-state index in [4.69, 9.17) is 25.5 Å². The lowest BCUT2D eigenvalue weighted by atomic mass is 10.2. The van der Waals surface area contributed by atoms with Crippen molar-refractivity contribution in [2.45, 2.75) is 30.8 Å². The molecule has 5 heterocycles. The number of anilines is 2. The Morgan fingerprint density at radius 3 is 2.80 bits per heavy atom. The highest BCUT2D eigenvalue weighted by molar-refractivity contribution is 6.30. The van der Waals surface area contributed by atoms with Crippen LogP contribution in [0.15, 0.2) is 40.9 Å². The number of furan rings is 1. The minimum atomic E-state index is -4.89. The molecule has 0 aliphatic carbocycles. The lowest BCUT2D eigenvalue weighted by Gasteiger charge is -2.32. The third-order valence-corrected chi connectivity index (χ3v) is 7.11. The number of ether oxygens (including phenoxy) is 2. The van der Waals surface area contributed by atoms with E-state index in [1.54, 1.807) is 30.3 Å². The highest BCUT2D eigenvalue weighted by atomic mass is 35.5. The fourth-order valence-corrected chi connectivity index (χ4v) is 5.24. The van der Waals surface area contributed by atoms with Crippen LogP contribution in [0.1, 0.15) is 12.2 Å². The largest absolute Gasteiger partial charge is 0.480 e. The van der Waals surface area contributed by atoms with E-state index in [0.29, 0.717) is 22.6 Å². The number of halogens is 4. The molecular weight excluding hydrogens is 569 g/mol. The molecule has 0 bridgehead atoms. The average molecular weight is 589 g/mol. The van der Waals surface area contributed by atoms with Gasteiger partial charge >= 0.3 is 12.1 Å². The number of aliphatic carboxylic acids is 1. The summed E-state index contributed by atoms with van der Waals surface area (Å²) in [5.41, 5.74) is 0.625. The topological polar surface area (TPSA) is 138 Å². The standard InChI is InChI=1S/C26H20ClF3N6O5/c27-13-7-17(35-5-6-39-15(9-31)11-35)23(32-10-13)40-14-8-18(24(37)38)36(12-14)22-21-20(33-25(34-22)26(28,29)30)16-3-1-2-4-19(16)41-21/h1-4,7,10,14-15,18H,5-6,8,11-12H2,(H,37,38)/t14-,15?,18-/m0/s1. The number of fused-ring (bicyclic) bond motifs is 3. The first kappa shape index (κ1) is 26.9. The molecule has 0 radical (unpaired) electrons. The Bertz CT molecular complexity index is 1690. The van der Waals surface area contributed by atoms with Crippen molar-refractivity contribution in [2.75, 3.05) is 36.0 Å². The number of aromatic nitrogens is 3. The molecule has 0 saturated carbocycles. The first-order valence-electron chi connectivity index (χ1n) is 12.5. The van der Waals surface area contributed by atoms with Gasteiger partial charge in [-0.05, 0) is 18.2 Å². The monoisotopic (exact) mass is 588 g/mol. The molecule has 212 valence electrons. The van der Waals surface area contributed by atoms with Crippen LogP contribution in [0.2, 0.25) is 5.02 Å². The lowest BCUT2D eigenvalue weighted by Crippen LogP contribution is -2.42. The molecule has 0 amide bonds. The molecule has 3 aromatic heterocycles. The van der Waals surface area contributed by atoms with Crippen LogP contribution in [0.25, 0.3) is 22.1 Å². The summed E-state index contributed by atoms with van der Waals surface area (Å²) >= 11 is 6.19. The molecule has 41 heavy (non-hydrogen) atoms. The van der Waals surface area contributed by atoms with E-state index in [-0.39, 0.29) is 54.5 Å². The zero-order chi connectivity index (χ0) is 28.9. The number of benzene rings is 1. The maximum absolute atomic E-state index is 13.8. The number of alkyl halides is 3. The Labute approximate surface area is 234 Å². The second-order valence-electron chi connectivity index (χ2n) is 9.54. The minimum absolute atomic E-state index is 0.0627. The van der Waals surface area contributed by atoms with Crippen LogP contribution >= 0.6 is 11.6 Å². The number of pyridine rings is 1. The van der Waals surface area contributed by atoms with Gasteiger partial charge in [-0.3, -0.25) is 0 Å². The van der Waals surface area contributed by atoms with Crippen LogP contribution in [-0.4, -0.2) is 70.5 Å². The van der Waals surface area contributed by atoms with Gasteiger partial charge in [0.2, 0.25) is 11.7 Å². The second kappa shape index (κ2) is 10.2. The van der Waals surface area contributed by atoms with Crippen molar-refractivity contribution in [3.05, 3.63) is 47.4 Å². The highest BCUT2D eigenvalue weighted by Gasteiger charge is 2.43. The Balaban J connectivity index is 1.38. The molecule has 2 fully saturated rings. The van der Waals surface area contributed by atoms with Crippen molar-refractivity contribution < 1.29 is 37.0 Å². The number of carboxylic acid groups (broad SMARTS) is 1. The molecule has 1 unspecified atom stereocenters. The predicted octanol–water partition coefficient (Wildman–Crippen LogP) is 4.28. The number of rotatable bonds is 5. The van der Waals surface area contributed by atoms with E-state index >= 15 is 0 Å². The molecule has 2 aliphatic heterocycles. The Morgan fingerprint density at radius 2 is 2.05 bits per heavy atom. The molecule has 1 N–H and O–H groups in total. The van der Waals surface area contributed by atoms with Gasteiger partial charge in [-0.25, -0.2) is 19.7 Å². The summed E-state index contributed by atoms with van der Waals surface area (Å²) in [4.78, 5) is 27.1. The van der Waals surface area contributed by atoms with E-state index in [0.717, 1.165) is 0 Å². The van der Waals surface area contributed by atoms with Crippen molar-refractivity contribution in [1.29, 1.82) is 5.26 Å². The van der Waals surface area contributed by atoms with Gasteiger partial charge in [0.1, 0.15) is 28.9 Å². The van der Waals surface area contributed by atoms with Crippen LogP contribution < -0.4 is 14.5 Å². The van der Waals surface area contributed by atoms with Gasteiger partial charge in [0, 0.05) is 24.5 Å². The fourth-order valence-electron chi connectivity index (χ4n) is 5.09. The van der Waals surface area contributed by atoms with E-state index < -0.39 is 36.2 Å². The number of morpholine rings is 1. The number of nitrogens with zero attached hydrogens (tertiary/aromatic N) is 6. The molecule has 4 aromatic rings. The smallest absolute Gasteiger partial charge is 0.451 e. The van der Waals surface area contributed by atoms with E-state index in [1.807, 2.05) is 4.90 Å². The second-order valence-corrected chi connectivity index (χ2v) is 9.98. The number of hydrogen-bond donors (Lipinski definition) is 1. The van der Waals surface area contributed by atoms with Gasteiger partial charge in [-0.2, -0.15) is 18.4 Å². The summed E-state index contributed by atoms with van der Waals surface area (Å²) in [6.07, 6.45) is -5.10. The third-order valence-electron chi connectivity index (χ3n) is 6.90. The molecule has 2 aliphatic rings. The van der Waals surface area contributed by atoms with Crippen LogP contribution in [0, 0.1) is 11.3 Å². The summed E-state index contributed by atoms with van der Waals surface area (Å²) in [5.74, 6) is -2.86. The van der Waals surface area contributed by atoms with Crippen LogP contribution in [-0.2, 0) is 15.7 Å². The van der Waals surface area contributed by atoms with Crippen molar-refractivity contribution in [1.82, 2.24) is 15.0 Å². The molecular formula is C26H20ClF3N6O5. The normalized spacial score (nSPS) is 21.4. The maximum Gasteiger partial charge on any atom is 0.451 e. The summed E-state index contributed by atoms with van der Waals surface area (Å²) in [6.45, 7) is 0.807. The number of carbonyl (C=O) groups is 1. The van der Waals surface area contributed by atoms with Crippen molar-refractivity contribution in [3.8, 4) is 11.9 Å². The summed E-state index contributed by atoms with van der Waals surface area (Å²) < 4.78 is 58.9. The van der Waals surface area contributed by atoms with Crippen LogP contribution in [0.3, 0.4) is 0 Å². The van der Waals surface area contributed by atoms with Gasteiger partial charge in [0.15, 0.2) is 17.5 Å². The molecule has 15 heteroatoms. The summed E-state index contributed by atoms with van der Waals surface area (Å²) in [6, 6.07) is 8.83.